The van der Waals surface area contributed by atoms with Crippen molar-refractivity contribution in [1.82, 2.24) is 5.32 Å². The van der Waals surface area contributed by atoms with Gasteiger partial charge >= 0.3 is 0 Å². The Balaban J connectivity index is 1.94. The third-order valence-electron chi connectivity index (χ3n) is 4.01. The first kappa shape index (κ1) is 16.3. The second-order valence-corrected chi connectivity index (χ2v) is 5.82. The summed E-state index contributed by atoms with van der Waals surface area (Å²) in [6.45, 7) is 5.55. The molecule has 1 unspecified atom stereocenters. The minimum absolute atomic E-state index is 0.221. The second kappa shape index (κ2) is 7.82. The number of hydrogen-bond donors (Lipinski definition) is 2. The number of benzene rings is 1. The molecule has 5 nitrogen and oxygen atoms in total. The molecule has 0 bridgehead atoms. The standard InChI is InChI=1S/C17H26N4O/c1-3-13(2)20-17(18)19-12-14-7-9-15(10-8-14)21-11-5-4-6-16(21)22/h7-10,13H,3-6,11-12H2,1-2H3,(H3,18,19,20). The zero-order valence-electron chi connectivity index (χ0n) is 13.5. The predicted molar refractivity (Wildman–Crippen MR) is 90.9 cm³/mol. The van der Waals surface area contributed by atoms with Crippen molar-refractivity contribution < 1.29 is 4.79 Å². The maximum atomic E-state index is 11.9. The van der Waals surface area contributed by atoms with Crippen LogP contribution in [0.1, 0.15) is 45.1 Å². The second-order valence-electron chi connectivity index (χ2n) is 5.82. The van der Waals surface area contributed by atoms with Gasteiger partial charge in [0.25, 0.3) is 0 Å². The zero-order chi connectivity index (χ0) is 15.9. The number of hydrogen-bond acceptors (Lipinski definition) is 2. The number of anilines is 1. The number of rotatable bonds is 5. The molecule has 22 heavy (non-hydrogen) atoms. The Morgan fingerprint density at radius 1 is 1.36 bits per heavy atom. The van der Waals surface area contributed by atoms with E-state index in [0.717, 1.165) is 37.1 Å². The van der Waals surface area contributed by atoms with Crippen LogP contribution in [-0.4, -0.2) is 24.5 Å². The van der Waals surface area contributed by atoms with Crippen LogP contribution < -0.4 is 16.0 Å². The number of nitrogens with zero attached hydrogens (tertiary/aromatic N) is 2. The molecule has 1 amide bonds. The van der Waals surface area contributed by atoms with Crippen molar-refractivity contribution in [3.63, 3.8) is 0 Å². The van der Waals surface area contributed by atoms with E-state index in [9.17, 15) is 4.79 Å². The largest absolute Gasteiger partial charge is 0.370 e. The molecule has 1 aliphatic rings. The summed E-state index contributed by atoms with van der Waals surface area (Å²) in [5, 5.41) is 3.14. The van der Waals surface area contributed by atoms with Crippen molar-refractivity contribution in [2.75, 3.05) is 11.4 Å². The minimum Gasteiger partial charge on any atom is -0.370 e. The van der Waals surface area contributed by atoms with Crippen molar-refractivity contribution in [3.8, 4) is 0 Å². The van der Waals surface area contributed by atoms with E-state index in [-0.39, 0.29) is 5.91 Å². The molecule has 0 spiro atoms. The van der Waals surface area contributed by atoms with Crippen LogP contribution in [0, 0.1) is 0 Å². The average Bonchev–Trinajstić information content (AvgIpc) is 2.54. The Morgan fingerprint density at radius 2 is 2.09 bits per heavy atom. The normalized spacial score (nSPS) is 17.5. The smallest absolute Gasteiger partial charge is 0.226 e. The van der Waals surface area contributed by atoms with Gasteiger partial charge in [-0.05, 0) is 43.9 Å². The van der Waals surface area contributed by atoms with Gasteiger partial charge in [-0.3, -0.25) is 4.79 Å². The molecule has 0 aromatic heterocycles. The lowest BCUT2D eigenvalue weighted by molar-refractivity contribution is -0.119. The summed E-state index contributed by atoms with van der Waals surface area (Å²) in [5.74, 6) is 0.698. The Labute approximate surface area is 132 Å². The molecular weight excluding hydrogens is 276 g/mol. The molecule has 3 N–H and O–H groups in total. The molecule has 2 rings (SSSR count). The molecule has 1 fully saturated rings. The molecule has 120 valence electrons. The van der Waals surface area contributed by atoms with Gasteiger partial charge in [0.15, 0.2) is 5.96 Å². The van der Waals surface area contributed by atoms with Gasteiger partial charge in [-0.15, -0.1) is 0 Å². The van der Waals surface area contributed by atoms with E-state index >= 15 is 0 Å². The van der Waals surface area contributed by atoms with E-state index in [1.54, 1.807) is 0 Å². The predicted octanol–water partition coefficient (Wildman–Crippen LogP) is 2.41. The Morgan fingerprint density at radius 3 is 2.73 bits per heavy atom. The van der Waals surface area contributed by atoms with Crippen LogP contribution >= 0.6 is 0 Å². The molecule has 1 aromatic rings. The zero-order valence-corrected chi connectivity index (χ0v) is 13.5. The monoisotopic (exact) mass is 302 g/mol. The van der Waals surface area contributed by atoms with Gasteiger partial charge in [-0.1, -0.05) is 19.1 Å². The van der Waals surface area contributed by atoms with Gasteiger partial charge in [-0.2, -0.15) is 0 Å². The number of nitrogens with two attached hydrogens (primary N) is 1. The first-order valence-corrected chi connectivity index (χ1v) is 8.06. The molecule has 0 saturated carbocycles. The highest BCUT2D eigenvalue weighted by molar-refractivity contribution is 5.93. The summed E-state index contributed by atoms with van der Waals surface area (Å²) in [7, 11) is 0. The third kappa shape index (κ3) is 4.48. The number of guanidine groups is 1. The molecule has 0 radical (unpaired) electrons. The fourth-order valence-corrected chi connectivity index (χ4v) is 2.44. The fraction of sp³-hybridized carbons (Fsp3) is 0.529. The van der Waals surface area contributed by atoms with E-state index in [2.05, 4.69) is 24.2 Å². The Hall–Kier alpha value is -2.04. The molecule has 1 atom stereocenters. The van der Waals surface area contributed by atoms with E-state index in [0.29, 0.717) is 25.0 Å². The Kier molecular flexibility index (Phi) is 5.81. The van der Waals surface area contributed by atoms with Crippen molar-refractivity contribution in [3.05, 3.63) is 29.8 Å². The highest BCUT2D eigenvalue weighted by Gasteiger charge is 2.19. The van der Waals surface area contributed by atoms with Gasteiger partial charge in [0.2, 0.25) is 5.91 Å². The number of piperidine rings is 1. The van der Waals surface area contributed by atoms with Crippen LogP contribution in [0.15, 0.2) is 29.3 Å². The maximum Gasteiger partial charge on any atom is 0.226 e. The van der Waals surface area contributed by atoms with Gasteiger partial charge in [-0.25, -0.2) is 4.99 Å². The summed E-state index contributed by atoms with van der Waals surface area (Å²) in [4.78, 5) is 18.1. The van der Waals surface area contributed by atoms with Gasteiger partial charge < -0.3 is 16.0 Å². The van der Waals surface area contributed by atoms with Crippen LogP contribution in [0.5, 0.6) is 0 Å². The number of carbonyl (C=O) groups excluding carboxylic acids is 1. The minimum atomic E-state index is 0.221. The fourth-order valence-electron chi connectivity index (χ4n) is 2.44. The quantitative estimate of drug-likeness (QED) is 0.648. The molecule has 0 aliphatic carbocycles. The summed E-state index contributed by atoms with van der Waals surface area (Å²) in [6.07, 6.45) is 3.75. The van der Waals surface area contributed by atoms with Crippen LogP contribution in [0.2, 0.25) is 0 Å². The number of carbonyl (C=O) groups is 1. The Bertz CT molecular complexity index is 524. The first-order valence-electron chi connectivity index (χ1n) is 8.06. The van der Waals surface area contributed by atoms with Crippen molar-refractivity contribution in [2.24, 2.45) is 10.7 Å². The van der Waals surface area contributed by atoms with Crippen LogP contribution in [0.4, 0.5) is 5.69 Å². The summed E-state index contributed by atoms with van der Waals surface area (Å²) in [6, 6.07) is 8.34. The number of amides is 1. The summed E-state index contributed by atoms with van der Waals surface area (Å²) < 4.78 is 0. The number of nitrogens with one attached hydrogen (secondary N) is 1. The topological polar surface area (TPSA) is 70.7 Å². The molecule has 1 aromatic carbocycles. The van der Waals surface area contributed by atoms with Crippen LogP contribution in [-0.2, 0) is 11.3 Å². The number of aliphatic imine (C=N–C) groups is 1. The van der Waals surface area contributed by atoms with Gasteiger partial charge in [0, 0.05) is 24.7 Å². The summed E-state index contributed by atoms with van der Waals surface area (Å²) in [5.41, 5.74) is 7.91. The molecule has 5 heteroatoms. The lowest BCUT2D eigenvalue weighted by Crippen LogP contribution is -2.38. The lowest BCUT2D eigenvalue weighted by atomic mass is 10.1. The maximum absolute atomic E-state index is 11.9. The van der Waals surface area contributed by atoms with Crippen molar-refractivity contribution in [2.45, 2.75) is 52.1 Å². The highest BCUT2D eigenvalue weighted by atomic mass is 16.2. The molecule has 1 saturated heterocycles. The van der Waals surface area contributed by atoms with E-state index in [1.165, 1.54) is 0 Å². The van der Waals surface area contributed by atoms with Crippen LogP contribution in [0.25, 0.3) is 0 Å². The average molecular weight is 302 g/mol. The highest BCUT2D eigenvalue weighted by Crippen LogP contribution is 2.21. The van der Waals surface area contributed by atoms with E-state index in [1.807, 2.05) is 29.2 Å². The van der Waals surface area contributed by atoms with Crippen molar-refractivity contribution in [1.29, 1.82) is 0 Å². The summed E-state index contributed by atoms with van der Waals surface area (Å²) >= 11 is 0. The van der Waals surface area contributed by atoms with Crippen LogP contribution in [0.3, 0.4) is 0 Å². The van der Waals surface area contributed by atoms with Gasteiger partial charge in [0.05, 0.1) is 6.54 Å². The van der Waals surface area contributed by atoms with E-state index in [4.69, 9.17) is 5.73 Å². The molecule has 1 aliphatic heterocycles. The molecule has 1 heterocycles. The van der Waals surface area contributed by atoms with Crippen molar-refractivity contribution >= 4 is 17.6 Å². The van der Waals surface area contributed by atoms with Gasteiger partial charge in [0.1, 0.15) is 0 Å². The SMILES string of the molecule is CCC(C)NC(N)=NCc1ccc(N2CCCCC2=O)cc1. The first-order chi connectivity index (χ1) is 10.6. The lowest BCUT2D eigenvalue weighted by Gasteiger charge is -2.26. The van der Waals surface area contributed by atoms with E-state index < -0.39 is 0 Å². The molecular formula is C17H26N4O. The third-order valence-corrected chi connectivity index (χ3v) is 4.01.